The second-order valence-electron chi connectivity index (χ2n) is 5.63. The first-order valence-electron chi connectivity index (χ1n) is 7.52. The number of carbonyl (C=O) groups excluding carboxylic acids is 1. The normalized spacial score (nSPS) is 21.9. The number of nitrogens with one attached hydrogen (secondary N) is 1. The third-order valence-electron chi connectivity index (χ3n) is 4.00. The van der Waals surface area contributed by atoms with Crippen molar-refractivity contribution in [2.45, 2.75) is 31.5 Å². The molecule has 1 aliphatic heterocycles. The van der Waals surface area contributed by atoms with Gasteiger partial charge in [-0.2, -0.15) is 11.8 Å². The number of hydrogen-bond donors (Lipinski definition) is 1. The molecule has 1 amide bonds. The second-order valence-corrected chi connectivity index (χ2v) is 6.78. The lowest BCUT2D eigenvalue weighted by Gasteiger charge is -2.30. The summed E-state index contributed by atoms with van der Waals surface area (Å²) in [6, 6.07) is 8.43. The SMILES string of the molecule is COc1ccc(CN(C(=O)C2CSCCN2)C2CC2)cc1. The standard InChI is InChI=1S/C16H22N2O2S/c1-20-14-6-2-12(3-7-14)10-18(13-4-5-13)16(19)15-11-21-9-8-17-15/h2-3,6-7,13,15,17H,4-5,8-11H2,1H3. The molecule has 3 rings (SSSR count). The molecule has 2 aliphatic rings. The number of rotatable bonds is 5. The Morgan fingerprint density at radius 2 is 2.14 bits per heavy atom. The van der Waals surface area contributed by atoms with Gasteiger partial charge in [-0.05, 0) is 30.5 Å². The quantitative estimate of drug-likeness (QED) is 0.902. The predicted octanol–water partition coefficient (Wildman–Crippen LogP) is 1.89. The lowest BCUT2D eigenvalue weighted by atomic mass is 10.1. The monoisotopic (exact) mass is 306 g/mol. The van der Waals surface area contributed by atoms with Gasteiger partial charge in [0.05, 0.1) is 13.2 Å². The summed E-state index contributed by atoms with van der Waals surface area (Å²) in [6.45, 7) is 1.64. The van der Waals surface area contributed by atoms with Gasteiger partial charge in [0.15, 0.2) is 0 Å². The Kier molecular flexibility index (Phi) is 4.70. The van der Waals surface area contributed by atoms with Crippen LogP contribution in [-0.4, -0.2) is 48.1 Å². The van der Waals surface area contributed by atoms with E-state index >= 15 is 0 Å². The maximum atomic E-state index is 12.7. The Hall–Kier alpha value is -1.20. The van der Waals surface area contributed by atoms with Crippen LogP contribution in [0, 0.1) is 0 Å². The topological polar surface area (TPSA) is 41.6 Å². The molecule has 2 fully saturated rings. The van der Waals surface area contributed by atoms with Gasteiger partial charge in [-0.15, -0.1) is 0 Å². The first kappa shape index (κ1) is 14.7. The molecule has 1 aromatic rings. The van der Waals surface area contributed by atoms with E-state index in [2.05, 4.69) is 10.2 Å². The molecule has 1 saturated carbocycles. The van der Waals surface area contributed by atoms with E-state index in [-0.39, 0.29) is 11.9 Å². The smallest absolute Gasteiger partial charge is 0.241 e. The molecule has 1 saturated heterocycles. The third kappa shape index (κ3) is 3.71. The number of benzene rings is 1. The number of methoxy groups -OCH3 is 1. The minimum absolute atomic E-state index is 0.0115. The van der Waals surface area contributed by atoms with Gasteiger partial charge in [0, 0.05) is 30.6 Å². The van der Waals surface area contributed by atoms with Crippen LogP contribution in [0.1, 0.15) is 18.4 Å². The Balaban J connectivity index is 1.67. The van der Waals surface area contributed by atoms with Crippen molar-refractivity contribution in [3.05, 3.63) is 29.8 Å². The Bertz CT molecular complexity index is 482. The minimum atomic E-state index is -0.0115. The Morgan fingerprint density at radius 1 is 1.38 bits per heavy atom. The first-order chi connectivity index (χ1) is 10.3. The highest BCUT2D eigenvalue weighted by Gasteiger charge is 2.36. The molecule has 114 valence electrons. The summed E-state index contributed by atoms with van der Waals surface area (Å²) in [6.07, 6.45) is 2.28. The van der Waals surface area contributed by atoms with Crippen molar-refractivity contribution >= 4 is 17.7 Å². The summed E-state index contributed by atoms with van der Waals surface area (Å²) in [5.41, 5.74) is 1.17. The van der Waals surface area contributed by atoms with Crippen molar-refractivity contribution in [1.82, 2.24) is 10.2 Å². The lowest BCUT2D eigenvalue weighted by Crippen LogP contribution is -2.51. The van der Waals surface area contributed by atoms with Crippen molar-refractivity contribution < 1.29 is 9.53 Å². The van der Waals surface area contributed by atoms with Crippen molar-refractivity contribution in [2.24, 2.45) is 0 Å². The molecule has 0 spiro atoms. The highest BCUT2D eigenvalue weighted by molar-refractivity contribution is 7.99. The molecule has 21 heavy (non-hydrogen) atoms. The molecule has 1 aliphatic carbocycles. The van der Waals surface area contributed by atoms with Crippen LogP contribution in [-0.2, 0) is 11.3 Å². The molecule has 0 radical (unpaired) electrons. The maximum Gasteiger partial charge on any atom is 0.241 e. The Morgan fingerprint density at radius 3 is 2.71 bits per heavy atom. The van der Waals surface area contributed by atoms with E-state index in [9.17, 15) is 4.79 Å². The van der Waals surface area contributed by atoms with Crippen LogP contribution in [0.4, 0.5) is 0 Å². The van der Waals surface area contributed by atoms with Crippen LogP contribution < -0.4 is 10.1 Å². The molecular weight excluding hydrogens is 284 g/mol. The Labute approximate surface area is 130 Å². The third-order valence-corrected chi connectivity index (χ3v) is 5.06. The molecule has 0 bridgehead atoms. The molecule has 4 nitrogen and oxygen atoms in total. The summed E-state index contributed by atoms with van der Waals surface area (Å²) in [5.74, 6) is 3.12. The zero-order chi connectivity index (χ0) is 14.7. The molecule has 1 atom stereocenters. The van der Waals surface area contributed by atoms with Gasteiger partial charge in [0.2, 0.25) is 5.91 Å². The van der Waals surface area contributed by atoms with E-state index in [0.717, 1.165) is 36.6 Å². The number of ether oxygens (including phenoxy) is 1. The van der Waals surface area contributed by atoms with E-state index in [0.29, 0.717) is 12.6 Å². The average molecular weight is 306 g/mol. The largest absolute Gasteiger partial charge is 0.497 e. The van der Waals surface area contributed by atoms with Crippen LogP contribution in [0.3, 0.4) is 0 Å². The van der Waals surface area contributed by atoms with Gasteiger partial charge in [0.1, 0.15) is 5.75 Å². The fourth-order valence-electron chi connectivity index (χ4n) is 2.63. The van der Waals surface area contributed by atoms with Crippen molar-refractivity contribution in [2.75, 3.05) is 25.2 Å². The molecule has 1 unspecified atom stereocenters. The molecule has 0 aromatic heterocycles. The van der Waals surface area contributed by atoms with Crippen molar-refractivity contribution in [3.8, 4) is 5.75 Å². The van der Waals surface area contributed by atoms with Crippen LogP contribution in [0.15, 0.2) is 24.3 Å². The minimum Gasteiger partial charge on any atom is -0.497 e. The van der Waals surface area contributed by atoms with E-state index in [4.69, 9.17) is 4.74 Å². The fraction of sp³-hybridized carbons (Fsp3) is 0.562. The maximum absolute atomic E-state index is 12.7. The second kappa shape index (κ2) is 6.71. The van der Waals surface area contributed by atoms with E-state index in [1.807, 2.05) is 36.0 Å². The van der Waals surface area contributed by atoms with Crippen LogP contribution in [0.5, 0.6) is 5.75 Å². The summed E-state index contributed by atoms with van der Waals surface area (Å²) < 4.78 is 5.18. The van der Waals surface area contributed by atoms with Crippen LogP contribution >= 0.6 is 11.8 Å². The molecule has 5 heteroatoms. The van der Waals surface area contributed by atoms with Gasteiger partial charge < -0.3 is 15.0 Å². The number of carbonyl (C=O) groups is 1. The summed E-state index contributed by atoms with van der Waals surface area (Å²) >= 11 is 1.87. The number of hydrogen-bond acceptors (Lipinski definition) is 4. The lowest BCUT2D eigenvalue weighted by molar-refractivity contribution is -0.134. The molecule has 1 aromatic carbocycles. The molecular formula is C16H22N2O2S. The predicted molar refractivity (Wildman–Crippen MR) is 85.7 cm³/mol. The summed E-state index contributed by atoms with van der Waals surface area (Å²) in [4.78, 5) is 14.8. The van der Waals surface area contributed by atoms with Crippen LogP contribution in [0.2, 0.25) is 0 Å². The highest BCUT2D eigenvalue weighted by atomic mass is 32.2. The first-order valence-corrected chi connectivity index (χ1v) is 8.68. The number of thioether (sulfide) groups is 1. The van der Waals surface area contributed by atoms with Crippen molar-refractivity contribution in [3.63, 3.8) is 0 Å². The highest BCUT2D eigenvalue weighted by Crippen LogP contribution is 2.30. The van der Waals surface area contributed by atoms with Gasteiger partial charge in [-0.1, -0.05) is 12.1 Å². The van der Waals surface area contributed by atoms with E-state index in [1.54, 1.807) is 7.11 Å². The molecule has 1 N–H and O–H groups in total. The summed E-state index contributed by atoms with van der Waals surface area (Å²) in [5, 5.41) is 3.35. The number of nitrogens with zero attached hydrogens (tertiary/aromatic N) is 1. The zero-order valence-electron chi connectivity index (χ0n) is 12.4. The van der Waals surface area contributed by atoms with Gasteiger partial charge in [-0.3, -0.25) is 4.79 Å². The van der Waals surface area contributed by atoms with Gasteiger partial charge in [-0.25, -0.2) is 0 Å². The summed E-state index contributed by atoms with van der Waals surface area (Å²) in [7, 11) is 1.67. The van der Waals surface area contributed by atoms with Crippen molar-refractivity contribution in [1.29, 1.82) is 0 Å². The zero-order valence-corrected chi connectivity index (χ0v) is 13.2. The van der Waals surface area contributed by atoms with Crippen LogP contribution in [0.25, 0.3) is 0 Å². The fourth-order valence-corrected chi connectivity index (χ4v) is 3.55. The average Bonchev–Trinajstić information content (AvgIpc) is 3.38. The number of amides is 1. The van der Waals surface area contributed by atoms with E-state index < -0.39 is 0 Å². The van der Waals surface area contributed by atoms with Gasteiger partial charge >= 0.3 is 0 Å². The molecule has 1 heterocycles. The van der Waals surface area contributed by atoms with Gasteiger partial charge in [0.25, 0.3) is 0 Å². The van der Waals surface area contributed by atoms with E-state index in [1.165, 1.54) is 5.56 Å².